The summed E-state index contributed by atoms with van der Waals surface area (Å²) in [6.07, 6.45) is 1.82. The second-order valence-electron chi connectivity index (χ2n) is 4.28. The van der Waals surface area contributed by atoms with Crippen LogP contribution in [0.4, 0.5) is 0 Å². The largest absolute Gasteiger partial charge is 0.370 e. The van der Waals surface area contributed by atoms with Gasteiger partial charge in [0.1, 0.15) is 6.67 Å². The van der Waals surface area contributed by atoms with Gasteiger partial charge in [0.2, 0.25) is 6.08 Å². The maximum Gasteiger partial charge on any atom is 0.236 e. The Hall–Kier alpha value is -0.700. The number of carbonyl (C=O) groups excluding carboxylic acids is 1. The van der Waals surface area contributed by atoms with Crippen molar-refractivity contribution < 1.29 is 9.53 Å². The van der Waals surface area contributed by atoms with E-state index in [1.165, 1.54) is 6.08 Å². The highest BCUT2D eigenvalue weighted by Crippen LogP contribution is 2.18. The Bertz CT molecular complexity index is 210. The molecular weight excluding hydrogens is 168 g/mol. The summed E-state index contributed by atoms with van der Waals surface area (Å²) in [6, 6.07) is 0. The number of likely N-dealkylation sites (tertiary alicyclic amines) is 1. The van der Waals surface area contributed by atoms with E-state index in [0.29, 0.717) is 12.8 Å². The Morgan fingerprint density at radius 2 is 2.15 bits per heavy atom. The normalized spacial score (nSPS) is 19.3. The van der Waals surface area contributed by atoms with Gasteiger partial charge in [-0.05, 0) is 20.8 Å². The van der Waals surface area contributed by atoms with Crippen LogP contribution >= 0.6 is 0 Å². The number of aliphatic imine (C=N–C) groups is 1. The molecule has 0 N–H and O–H groups in total. The van der Waals surface area contributed by atoms with Crippen LogP contribution in [-0.2, 0) is 9.53 Å². The molecule has 1 heterocycles. The fourth-order valence-corrected chi connectivity index (χ4v) is 1.34. The average Bonchev–Trinajstić information content (AvgIpc) is 1.91. The number of rotatable bonds is 3. The highest BCUT2D eigenvalue weighted by molar-refractivity contribution is 5.32. The number of ether oxygens (including phenoxy) is 1. The summed E-state index contributed by atoms with van der Waals surface area (Å²) in [5, 5.41) is 0. The maximum absolute atomic E-state index is 9.81. The van der Waals surface area contributed by atoms with Crippen molar-refractivity contribution in [2.75, 3.05) is 19.8 Å². The molecule has 1 aliphatic heterocycles. The Morgan fingerprint density at radius 1 is 1.54 bits per heavy atom. The minimum atomic E-state index is -0.0787. The minimum Gasteiger partial charge on any atom is -0.370 e. The molecular formula is C9H16N2O2. The zero-order valence-corrected chi connectivity index (χ0v) is 8.41. The number of hydrogen-bond donors (Lipinski definition) is 0. The van der Waals surface area contributed by atoms with E-state index in [-0.39, 0.29) is 5.60 Å². The first-order chi connectivity index (χ1) is 6.01. The molecule has 0 aliphatic carbocycles. The second-order valence-corrected chi connectivity index (χ2v) is 4.28. The fraction of sp³-hybridized carbons (Fsp3) is 0.889. The minimum absolute atomic E-state index is 0.0787. The second kappa shape index (κ2) is 4.01. The summed E-state index contributed by atoms with van der Waals surface area (Å²) in [5.74, 6) is 0. The van der Waals surface area contributed by atoms with Gasteiger partial charge in [-0.2, -0.15) is 4.99 Å². The van der Waals surface area contributed by atoms with E-state index < -0.39 is 0 Å². The third-order valence-electron chi connectivity index (χ3n) is 1.78. The molecule has 1 saturated heterocycles. The van der Waals surface area contributed by atoms with Gasteiger partial charge in [-0.25, -0.2) is 4.79 Å². The van der Waals surface area contributed by atoms with E-state index in [2.05, 4.69) is 4.99 Å². The van der Waals surface area contributed by atoms with E-state index in [0.717, 1.165) is 13.1 Å². The van der Waals surface area contributed by atoms with Gasteiger partial charge in [0.15, 0.2) is 0 Å². The summed E-state index contributed by atoms with van der Waals surface area (Å²) >= 11 is 0. The van der Waals surface area contributed by atoms with Crippen LogP contribution in [0.25, 0.3) is 0 Å². The topological polar surface area (TPSA) is 41.9 Å². The lowest BCUT2D eigenvalue weighted by Gasteiger charge is -2.40. The van der Waals surface area contributed by atoms with Gasteiger partial charge in [0.25, 0.3) is 0 Å². The standard InChI is InChI=1S/C9H16N2O2/c1-9(2,3)13-8-4-11(5-8)6-10-7-12/h8H,4-6H2,1-3H3. The summed E-state index contributed by atoms with van der Waals surface area (Å²) in [6.45, 7) is 8.30. The molecule has 0 aromatic carbocycles. The van der Waals surface area contributed by atoms with Crippen LogP contribution in [0.15, 0.2) is 4.99 Å². The Morgan fingerprint density at radius 3 is 2.62 bits per heavy atom. The molecule has 0 spiro atoms. The summed E-state index contributed by atoms with van der Waals surface area (Å²) in [5.41, 5.74) is -0.0787. The molecule has 0 atom stereocenters. The van der Waals surface area contributed by atoms with Crippen LogP contribution in [0, 0.1) is 0 Å². The van der Waals surface area contributed by atoms with Crippen LogP contribution in [0.3, 0.4) is 0 Å². The first-order valence-corrected chi connectivity index (χ1v) is 4.45. The lowest BCUT2D eigenvalue weighted by molar-refractivity contribution is -0.123. The SMILES string of the molecule is CC(C)(C)OC1CN(CN=C=O)C1. The quantitative estimate of drug-likeness (QED) is 0.481. The molecule has 74 valence electrons. The molecule has 1 rings (SSSR count). The Kier molecular flexibility index (Phi) is 3.20. The molecule has 4 nitrogen and oxygen atoms in total. The molecule has 13 heavy (non-hydrogen) atoms. The first kappa shape index (κ1) is 10.4. The number of nitrogens with zero attached hydrogens (tertiary/aromatic N) is 2. The van der Waals surface area contributed by atoms with Crippen LogP contribution in [0.1, 0.15) is 20.8 Å². The molecule has 0 saturated carbocycles. The first-order valence-electron chi connectivity index (χ1n) is 4.45. The van der Waals surface area contributed by atoms with Crippen LogP contribution in [0.5, 0.6) is 0 Å². The van der Waals surface area contributed by atoms with Crippen molar-refractivity contribution in [3.63, 3.8) is 0 Å². The molecule has 1 fully saturated rings. The van der Waals surface area contributed by atoms with E-state index >= 15 is 0 Å². The average molecular weight is 184 g/mol. The predicted molar refractivity (Wildman–Crippen MR) is 49.2 cm³/mol. The van der Waals surface area contributed by atoms with Gasteiger partial charge < -0.3 is 4.74 Å². The van der Waals surface area contributed by atoms with E-state index in [1.54, 1.807) is 0 Å². The zero-order valence-electron chi connectivity index (χ0n) is 8.41. The van der Waals surface area contributed by atoms with Crippen molar-refractivity contribution in [1.29, 1.82) is 0 Å². The molecule has 1 aliphatic rings. The predicted octanol–water partition coefficient (Wildman–Crippen LogP) is 0.779. The smallest absolute Gasteiger partial charge is 0.236 e. The molecule has 0 bridgehead atoms. The van der Waals surface area contributed by atoms with Gasteiger partial charge in [0, 0.05) is 13.1 Å². The third kappa shape index (κ3) is 3.68. The lowest BCUT2D eigenvalue weighted by atomic mass is 10.1. The molecule has 0 unspecified atom stereocenters. The summed E-state index contributed by atoms with van der Waals surface area (Å²) in [7, 11) is 0. The molecule has 0 radical (unpaired) electrons. The Balaban J connectivity index is 2.15. The van der Waals surface area contributed by atoms with Crippen LogP contribution < -0.4 is 0 Å². The van der Waals surface area contributed by atoms with Gasteiger partial charge in [0.05, 0.1) is 11.7 Å². The lowest BCUT2D eigenvalue weighted by Crippen LogP contribution is -2.54. The van der Waals surface area contributed by atoms with Gasteiger partial charge >= 0.3 is 0 Å². The van der Waals surface area contributed by atoms with Crippen molar-refractivity contribution in [1.82, 2.24) is 4.90 Å². The maximum atomic E-state index is 9.81. The third-order valence-corrected chi connectivity index (χ3v) is 1.78. The summed E-state index contributed by atoms with van der Waals surface area (Å²) in [4.78, 5) is 15.3. The van der Waals surface area contributed by atoms with E-state index in [1.807, 2.05) is 25.7 Å². The molecule has 4 heteroatoms. The number of isocyanates is 1. The van der Waals surface area contributed by atoms with Crippen molar-refractivity contribution in [3.8, 4) is 0 Å². The zero-order chi connectivity index (χ0) is 9.90. The van der Waals surface area contributed by atoms with E-state index in [9.17, 15) is 4.79 Å². The number of hydrogen-bond acceptors (Lipinski definition) is 4. The molecule has 0 aromatic rings. The van der Waals surface area contributed by atoms with Gasteiger partial charge in [-0.15, -0.1) is 0 Å². The van der Waals surface area contributed by atoms with Crippen molar-refractivity contribution in [2.24, 2.45) is 4.99 Å². The van der Waals surface area contributed by atoms with Crippen LogP contribution in [-0.4, -0.2) is 42.4 Å². The molecule has 0 aromatic heterocycles. The van der Waals surface area contributed by atoms with Gasteiger partial charge in [-0.1, -0.05) is 0 Å². The van der Waals surface area contributed by atoms with Crippen molar-refractivity contribution >= 4 is 6.08 Å². The molecule has 0 amide bonds. The van der Waals surface area contributed by atoms with E-state index in [4.69, 9.17) is 4.74 Å². The van der Waals surface area contributed by atoms with Crippen molar-refractivity contribution in [3.05, 3.63) is 0 Å². The fourth-order valence-electron chi connectivity index (χ4n) is 1.34. The highest BCUT2D eigenvalue weighted by atomic mass is 16.5. The van der Waals surface area contributed by atoms with Gasteiger partial charge in [-0.3, -0.25) is 4.90 Å². The highest BCUT2D eigenvalue weighted by Gasteiger charge is 2.30. The van der Waals surface area contributed by atoms with Crippen LogP contribution in [0.2, 0.25) is 0 Å². The Labute approximate surface area is 78.6 Å². The van der Waals surface area contributed by atoms with Crippen molar-refractivity contribution in [2.45, 2.75) is 32.5 Å². The monoisotopic (exact) mass is 184 g/mol. The summed E-state index contributed by atoms with van der Waals surface area (Å²) < 4.78 is 5.70.